The number of carboxylic acids is 1. The highest BCUT2D eigenvalue weighted by molar-refractivity contribution is 7.11. The molecule has 0 amide bonds. The highest BCUT2D eigenvalue weighted by atomic mass is 32.1. The normalized spacial score (nSPS) is 17.2. The van der Waals surface area contributed by atoms with Gasteiger partial charge in [0.15, 0.2) is 0 Å². The van der Waals surface area contributed by atoms with E-state index >= 15 is 0 Å². The average molecular weight is 256 g/mol. The second-order valence-electron chi connectivity index (χ2n) is 4.00. The minimum Gasteiger partial charge on any atom is -0.481 e. The van der Waals surface area contributed by atoms with E-state index in [1.165, 1.54) is 0 Å². The predicted octanol–water partition coefficient (Wildman–Crippen LogP) is 0.992. The number of thiazole rings is 1. The number of aryl methyl sites for hydroxylation is 1. The molecule has 6 heteroatoms. The number of morpholine rings is 1. The molecule has 1 fully saturated rings. The maximum atomic E-state index is 10.5. The van der Waals surface area contributed by atoms with Gasteiger partial charge in [0.05, 0.1) is 26.2 Å². The summed E-state index contributed by atoms with van der Waals surface area (Å²) in [6.07, 6.45) is 2.55. The van der Waals surface area contributed by atoms with Crippen LogP contribution >= 0.6 is 11.3 Å². The second kappa shape index (κ2) is 6.09. The van der Waals surface area contributed by atoms with Gasteiger partial charge in [0.25, 0.3) is 0 Å². The number of ether oxygens (including phenoxy) is 1. The molecule has 0 bridgehead atoms. The first-order chi connectivity index (χ1) is 8.24. The Morgan fingerprint density at radius 2 is 2.29 bits per heavy atom. The van der Waals surface area contributed by atoms with Crippen LogP contribution in [0.5, 0.6) is 0 Å². The molecule has 2 rings (SSSR count). The SMILES string of the molecule is O=C(O)CCc1cnc(CN2CCOCC2)s1. The molecule has 1 aliphatic rings. The number of nitrogens with zero attached hydrogens (tertiary/aromatic N) is 2. The van der Waals surface area contributed by atoms with E-state index in [2.05, 4.69) is 9.88 Å². The molecule has 1 aliphatic heterocycles. The van der Waals surface area contributed by atoms with Crippen LogP contribution in [0.1, 0.15) is 16.3 Å². The maximum Gasteiger partial charge on any atom is 0.303 e. The van der Waals surface area contributed by atoms with E-state index in [-0.39, 0.29) is 6.42 Å². The number of carboxylic acid groups (broad SMARTS) is 1. The van der Waals surface area contributed by atoms with Crippen molar-refractivity contribution in [2.24, 2.45) is 0 Å². The molecule has 2 heterocycles. The summed E-state index contributed by atoms with van der Waals surface area (Å²) in [5.74, 6) is -0.756. The Hall–Kier alpha value is -0.980. The molecule has 0 aliphatic carbocycles. The van der Waals surface area contributed by atoms with E-state index in [0.29, 0.717) is 6.42 Å². The van der Waals surface area contributed by atoms with Crippen LogP contribution in [0, 0.1) is 0 Å². The van der Waals surface area contributed by atoms with Crippen LogP contribution in [0.2, 0.25) is 0 Å². The molecule has 1 aromatic heterocycles. The molecular weight excluding hydrogens is 240 g/mol. The number of aliphatic carboxylic acids is 1. The smallest absolute Gasteiger partial charge is 0.303 e. The van der Waals surface area contributed by atoms with Gasteiger partial charge < -0.3 is 9.84 Å². The Morgan fingerprint density at radius 3 is 3.00 bits per heavy atom. The van der Waals surface area contributed by atoms with E-state index in [1.807, 2.05) is 0 Å². The molecule has 17 heavy (non-hydrogen) atoms. The van der Waals surface area contributed by atoms with Crippen LogP contribution < -0.4 is 0 Å². The van der Waals surface area contributed by atoms with Gasteiger partial charge in [0.2, 0.25) is 0 Å². The van der Waals surface area contributed by atoms with E-state index in [0.717, 1.165) is 42.7 Å². The van der Waals surface area contributed by atoms with E-state index < -0.39 is 5.97 Å². The predicted molar refractivity (Wildman–Crippen MR) is 64.2 cm³/mol. The lowest BCUT2D eigenvalue weighted by Crippen LogP contribution is -2.35. The van der Waals surface area contributed by atoms with Crippen LogP contribution in [0.4, 0.5) is 0 Å². The molecule has 1 aromatic rings. The molecule has 0 spiro atoms. The largest absolute Gasteiger partial charge is 0.481 e. The molecule has 1 saturated heterocycles. The minimum atomic E-state index is -0.756. The van der Waals surface area contributed by atoms with Crippen LogP contribution in [0.15, 0.2) is 6.20 Å². The van der Waals surface area contributed by atoms with Crippen molar-refractivity contribution in [1.82, 2.24) is 9.88 Å². The van der Waals surface area contributed by atoms with Gasteiger partial charge >= 0.3 is 5.97 Å². The molecule has 0 atom stereocenters. The summed E-state index contributed by atoms with van der Waals surface area (Å²) in [7, 11) is 0. The van der Waals surface area contributed by atoms with Crippen LogP contribution in [-0.2, 0) is 22.5 Å². The molecule has 94 valence electrons. The first-order valence-electron chi connectivity index (χ1n) is 5.69. The standard InChI is InChI=1S/C11H16N2O3S/c14-11(15)2-1-9-7-12-10(17-9)8-13-3-5-16-6-4-13/h7H,1-6,8H2,(H,14,15). The summed E-state index contributed by atoms with van der Waals surface area (Å²) in [4.78, 5) is 18.2. The molecule has 0 saturated carbocycles. The van der Waals surface area contributed by atoms with Crippen molar-refractivity contribution in [2.45, 2.75) is 19.4 Å². The van der Waals surface area contributed by atoms with Gasteiger partial charge in [0.1, 0.15) is 5.01 Å². The third-order valence-corrected chi connectivity index (χ3v) is 3.69. The van der Waals surface area contributed by atoms with Crippen molar-refractivity contribution in [2.75, 3.05) is 26.3 Å². The summed E-state index contributed by atoms with van der Waals surface area (Å²) in [6.45, 7) is 4.32. The average Bonchev–Trinajstić information content (AvgIpc) is 2.75. The fourth-order valence-corrected chi connectivity index (χ4v) is 2.68. The van der Waals surface area contributed by atoms with Crippen molar-refractivity contribution >= 4 is 17.3 Å². The Morgan fingerprint density at radius 1 is 1.53 bits per heavy atom. The number of hydrogen-bond acceptors (Lipinski definition) is 5. The molecule has 1 N–H and O–H groups in total. The van der Waals surface area contributed by atoms with Gasteiger partial charge in [-0.05, 0) is 6.42 Å². The zero-order chi connectivity index (χ0) is 12.1. The lowest BCUT2D eigenvalue weighted by molar-refractivity contribution is -0.136. The Kier molecular flexibility index (Phi) is 4.47. The molecule has 0 unspecified atom stereocenters. The number of aromatic nitrogens is 1. The number of hydrogen-bond donors (Lipinski definition) is 1. The quantitative estimate of drug-likeness (QED) is 0.851. The van der Waals surface area contributed by atoms with E-state index in [4.69, 9.17) is 9.84 Å². The molecule has 0 radical (unpaired) electrons. The van der Waals surface area contributed by atoms with Gasteiger partial charge in [-0.1, -0.05) is 0 Å². The van der Waals surface area contributed by atoms with Gasteiger partial charge in [-0.25, -0.2) is 4.98 Å². The number of rotatable bonds is 5. The fourth-order valence-electron chi connectivity index (χ4n) is 1.72. The van der Waals surface area contributed by atoms with E-state index in [9.17, 15) is 4.79 Å². The third-order valence-electron chi connectivity index (χ3n) is 2.65. The van der Waals surface area contributed by atoms with Crippen LogP contribution in [-0.4, -0.2) is 47.3 Å². The fraction of sp³-hybridized carbons (Fsp3) is 0.636. The molecule has 0 aromatic carbocycles. The summed E-state index contributed by atoms with van der Waals surface area (Å²) < 4.78 is 5.28. The zero-order valence-electron chi connectivity index (χ0n) is 9.59. The Bertz CT molecular complexity index is 375. The van der Waals surface area contributed by atoms with Crippen LogP contribution in [0.3, 0.4) is 0 Å². The van der Waals surface area contributed by atoms with Gasteiger partial charge in [-0.2, -0.15) is 0 Å². The lowest BCUT2D eigenvalue weighted by atomic mass is 10.3. The Balaban J connectivity index is 1.82. The number of carbonyl (C=O) groups is 1. The lowest BCUT2D eigenvalue weighted by Gasteiger charge is -2.25. The van der Waals surface area contributed by atoms with E-state index in [1.54, 1.807) is 17.5 Å². The van der Waals surface area contributed by atoms with Crippen molar-refractivity contribution in [3.8, 4) is 0 Å². The molecular formula is C11H16N2O3S. The monoisotopic (exact) mass is 256 g/mol. The third kappa shape index (κ3) is 4.07. The zero-order valence-corrected chi connectivity index (χ0v) is 10.4. The van der Waals surface area contributed by atoms with Crippen molar-refractivity contribution in [3.05, 3.63) is 16.1 Å². The topological polar surface area (TPSA) is 62.7 Å². The van der Waals surface area contributed by atoms with Crippen molar-refractivity contribution < 1.29 is 14.6 Å². The summed E-state index contributed by atoms with van der Waals surface area (Å²) in [5, 5.41) is 9.67. The maximum absolute atomic E-state index is 10.5. The van der Waals surface area contributed by atoms with Crippen molar-refractivity contribution in [1.29, 1.82) is 0 Å². The second-order valence-corrected chi connectivity index (χ2v) is 5.20. The first kappa shape index (κ1) is 12.5. The van der Waals surface area contributed by atoms with Gasteiger partial charge in [0, 0.05) is 24.2 Å². The highest BCUT2D eigenvalue weighted by Gasteiger charge is 2.13. The van der Waals surface area contributed by atoms with Gasteiger partial charge in [-0.15, -0.1) is 11.3 Å². The summed E-state index contributed by atoms with van der Waals surface area (Å²) in [5.41, 5.74) is 0. The van der Waals surface area contributed by atoms with Gasteiger partial charge in [-0.3, -0.25) is 9.69 Å². The summed E-state index contributed by atoms with van der Waals surface area (Å²) >= 11 is 1.61. The first-order valence-corrected chi connectivity index (χ1v) is 6.51. The van der Waals surface area contributed by atoms with Crippen LogP contribution in [0.25, 0.3) is 0 Å². The minimum absolute atomic E-state index is 0.180. The van der Waals surface area contributed by atoms with Crippen molar-refractivity contribution in [3.63, 3.8) is 0 Å². The summed E-state index contributed by atoms with van der Waals surface area (Å²) in [6, 6.07) is 0. The molecule has 5 nitrogen and oxygen atoms in total. The highest BCUT2D eigenvalue weighted by Crippen LogP contribution is 2.17. The Labute approximate surface area is 104 Å².